The Labute approximate surface area is 105 Å². The SMILES string of the molecule is CCc1cc(OC)c(C(N)C(=O)O)cc1SC. The van der Waals surface area contributed by atoms with E-state index in [0.29, 0.717) is 11.3 Å². The number of nitrogens with two attached hydrogens (primary N) is 1. The van der Waals surface area contributed by atoms with Gasteiger partial charge in [-0.15, -0.1) is 11.8 Å². The van der Waals surface area contributed by atoms with Crippen molar-refractivity contribution < 1.29 is 14.6 Å². The molecule has 94 valence electrons. The average Bonchev–Trinajstić information content (AvgIpc) is 2.35. The number of aliphatic carboxylic acids is 1. The minimum atomic E-state index is -1.06. The number of carbonyl (C=O) groups is 1. The van der Waals surface area contributed by atoms with E-state index in [1.54, 1.807) is 17.8 Å². The van der Waals surface area contributed by atoms with Crippen LogP contribution in [0.5, 0.6) is 5.75 Å². The topological polar surface area (TPSA) is 72.5 Å². The van der Waals surface area contributed by atoms with Crippen molar-refractivity contribution in [2.24, 2.45) is 5.73 Å². The van der Waals surface area contributed by atoms with Gasteiger partial charge in [0.15, 0.2) is 0 Å². The summed E-state index contributed by atoms with van der Waals surface area (Å²) in [6.45, 7) is 2.05. The maximum atomic E-state index is 10.9. The molecule has 0 aliphatic rings. The van der Waals surface area contributed by atoms with E-state index in [9.17, 15) is 4.79 Å². The molecule has 0 amide bonds. The van der Waals surface area contributed by atoms with Crippen molar-refractivity contribution in [1.82, 2.24) is 0 Å². The van der Waals surface area contributed by atoms with Crippen molar-refractivity contribution >= 4 is 17.7 Å². The molecule has 0 heterocycles. The quantitative estimate of drug-likeness (QED) is 0.788. The summed E-state index contributed by atoms with van der Waals surface area (Å²) in [5.41, 5.74) is 7.29. The van der Waals surface area contributed by atoms with Crippen LogP contribution in [0.25, 0.3) is 0 Å². The van der Waals surface area contributed by atoms with Gasteiger partial charge in [0.05, 0.1) is 7.11 Å². The van der Waals surface area contributed by atoms with Crippen LogP contribution >= 0.6 is 11.8 Å². The summed E-state index contributed by atoms with van der Waals surface area (Å²) < 4.78 is 5.21. The largest absolute Gasteiger partial charge is 0.496 e. The predicted molar refractivity (Wildman–Crippen MR) is 68.7 cm³/mol. The van der Waals surface area contributed by atoms with Crippen LogP contribution in [0.4, 0.5) is 0 Å². The first-order valence-electron chi connectivity index (χ1n) is 5.28. The highest BCUT2D eigenvalue weighted by Gasteiger charge is 2.20. The molecule has 3 N–H and O–H groups in total. The summed E-state index contributed by atoms with van der Waals surface area (Å²) in [7, 11) is 1.52. The third-order valence-corrected chi connectivity index (χ3v) is 3.43. The molecular weight excluding hydrogens is 238 g/mol. The van der Waals surface area contributed by atoms with E-state index in [0.717, 1.165) is 16.9 Å². The Hall–Kier alpha value is -1.20. The highest BCUT2D eigenvalue weighted by atomic mass is 32.2. The summed E-state index contributed by atoms with van der Waals surface area (Å²) in [6, 6.07) is 2.62. The van der Waals surface area contributed by atoms with Crippen LogP contribution in [0.1, 0.15) is 24.1 Å². The van der Waals surface area contributed by atoms with Crippen molar-refractivity contribution in [2.75, 3.05) is 13.4 Å². The van der Waals surface area contributed by atoms with Crippen LogP contribution in [0.15, 0.2) is 17.0 Å². The Morgan fingerprint density at radius 1 is 1.59 bits per heavy atom. The van der Waals surface area contributed by atoms with Crippen LogP contribution in [0.3, 0.4) is 0 Å². The minimum Gasteiger partial charge on any atom is -0.496 e. The number of hydrogen-bond acceptors (Lipinski definition) is 4. The van der Waals surface area contributed by atoms with Gasteiger partial charge in [0.1, 0.15) is 11.8 Å². The molecular formula is C12H17NO3S. The summed E-state index contributed by atoms with van der Waals surface area (Å²) >= 11 is 1.58. The lowest BCUT2D eigenvalue weighted by molar-refractivity contribution is -0.138. The number of thioether (sulfide) groups is 1. The second kappa shape index (κ2) is 5.93. The first-order chi connectivity index (χ1) is 8.04. The van der Waals surface area contributed by atoms with Crippen molar-refractivity contribution in [3.8, 4) is 5.75 Å². The minimum absolute atomic E-state index is 0.515. The molecule has 0 aromatic heterocycles. The highest BCUT2D eigenvalue weighted by molar-refractivity contribution is 7.98. The summed E-state index contributed by atoms with van der Waals surface area (Å²) in [5, 5.41) is 8.96. The van der Waals surface area contributed by atoms with Gasteiger partial charge < -0.3 is 15.6 Å². The molecule has 0 radical (unpaired) electrons. The lowest BCUT2D eigenvalue weighted by atomic mass is 10.0. The number of ether oxygens (including phenoxy) is 1. The van der Waals surface area contributed by atoms with Crippen LogP contribution in [0.2, 0.25) is 0 Å². The molecule has 0 fully saturated rings. The molecule has 1 rings (SSSR count). The molecule has 1 atom stereocenters. The van der Waals surface area contributed by atoms with Crippen LogP contribution in [-0.2, 0) is 11.2 Å². The molecule has 0 aliphatic carbocycles. The smallest absolute Gasteiger partial charge is 0.325 e. The molecule has 0 saturated carbocycles. The fraction of sp³-hybridized carbons (Fsp3) is 0.417. The van der Waals surface area contributed by atoms with E-state index in [-0.39, 0.29) is 0 Å². The van der Waals surface area contributed by atoms with Crippen LogP contribution in [0, 0.1) is 0 Å². The zero-order valence-electron chi connectivity index (χ0n) is 10.2. The highest BCUT2D eigenvalue weighted by Crippen LogP contribution is 2.32. The molecule has 17 heavy (non-hydrogen) atoms. The van der Waals surface area contributed by atoms with Gasteiger partial charge in [0, 0.05) is 10.5 Å². The zero-order chi connectivity index (χ0) is 13.0. The zero-order valence-corrected chi connectivity index (χ0v) is 11.0. The van der Waals surface area contributed by atoms with Gasteiger partial charge in [-0.2, -0.15) is 0 Å². The number of methoxy groups -OCH3 is 1. The van der Waals surface area contributed by atoms with Gasteiger partial charge in [0.2, 0.25) is 0 Å². The number of aryl methyl sites for hydroxylation is 1. The Morgan fingerprint density at radius 2 is 2.24 bits per heavy atom. The molecule has 0 bridgehead atoms. The molecule has 0 saturated heterocycles. The maximum absolute atomic E-state index is 10.9. The van der Waals surface area contributed by atoms with E-state index in [1.165, 1.54) is 7.11 Å². The van der Waals surface area contributed by atoms with Gasteiger partial charge in [0.25, 0.3) is 0 Å². The second-order valence-electron chi connectivity index (χ2n) is 3.58. The van der Waals surface area contributed by atoms with E-state index in [2.05, 4.69) is 0 Å². The van der Waals surface area contributed by atoms with E-state index < -0.39 is 12.0 Å². The fourth-order valence-corrected chi connectivity index (χ4v) is 2.35. The maximum Gasteiger partial charge on any atom is 0.325 e. The lowest BCUT2D eigenvalue weighted by Gasteiger charge is -2.16. The molecule has 1 unspecified atom stereocenters. The average molecular weight is 255 g/mol. The van der Waals surface area contributed by atoms with Gasteiger partial charge in [-0.25, -0.2) is 0 Å². The van der Waals surface area contributed by atoms with Gasteiger partial charge in [-0.05, 0) is 30.4 Å². The third-order valence-electron chi connectivity index (χ3n) is 2.61. The molecule has 1 aromatic carbocycles. The Morgan fingerprint density at radius 3 is 2.65 bits per heavy atom. The summed E-state index contributed by atoms with van der Waals surface area (Å²) in [6.07, 6.45) is 2.83. The monoisotopic (exact) mass is 255 g/mol. The molecule has 5 heteroatoms. The first-order valence-corrected chi connectivity index (χ1v) is 6.50. The summed E-state index contributed by atoms with van der Waals surface area (Å²) in [5.74, 6) is -0.519. The Kier molecular flexibility index (Phi) is 4.84. The summed E-state index contributed by atoms with van der Waals surface area (Å²) in [4.78, 5) is 12.0. The fourth-order valence-electron chi connectivity index (χ4n) is 1.64. The van der Waals surface area contributed by atoms with Crippen molar-refractivity contribution in [3.05, 3.63) is 23.3 Å². The predicted octanol–water partition coefficient (Wildman–Crippen LogP) is 2.06. The van der Waals surface area contributed by atoms with Gasteiger partial charge >= 0.3 is 5.97 Å². The van der Waals surface area contributed by atoms with Crippen molar-refractivity contribution in [3.63, 3.8) is 0 Å². The Balaban J connectivity index is 3.33. The molecule has 4 nitrogen and oxygen atoms in total. The standard InChI is InChI=1S/C12H17NO3S/c1-4-7-5-9(16-2)8(6-10(7)17-3)11(13)12(14)15/h5-6,11H,4,13H2,1-3H3,(H,14,15). The molecule has 0 aliphatic heterocycles. The number of carboxylic acid groups (broad SMARTS) is 1. The third kappa shape index (κ3) is 2.92. The van der Waals surface area contributed by atoms with Gasteiger partial charge in [-0.1, -0.05) is 6.92 Å². The van der Waals surface area contributed by atoms with E-state index in [4.69, 9.17) is 15.6 Å². The van der Waals surface area contributed by atoms with E-state index in [1.807, 2.05) is 19.2 Å². The molecule has 1 aromatic rings. The lowest BCUT2D eigenvalue weighted by Crippen LogP contribution is -2.21. The van der Waals surface area contributed by atoms with Gasteiger partial charge in [-0.3, -0.25) is 4.79 Å². The normalized spacial score (nSPS) is 12.2. The molecule has 0 spiro atoms. The Bertz CT molecular complexity index is 420. The second-order valence-corrected chi connectivity index (χ2v) is 4.42. The number of rotatable bonds is 5. The van der Waals surface area contributed by atoms with Crippen molar-refractivity contribution in [2.45, 2.75) is 24.3 Å². The van der Waals surface area contributed by atoms with E-state index >= 15 is 0 Å². The number of carboxylic acids is 1. The van der Waals surface area contributed by atoms with Crippen molar-refractivity contribution in [1.29, 1.82) is 0 Å². The van der Waals surface area contributed by atoms with Crippen LogP contribution < -0.4 is 10.5 Å². The number of benzene rings is 1. The number of hydrogen-bond donors (Lipinski definition) is 2. The van der Waals surface area contributed by atoms with Crippen LogP contribution in [-0.4, -0.2) is 24.4 Å². The first kappa shape index (κ1) is 13.9.